The molecule has 7 nitrogen and oxygen atoms in total. The average molecular weight is 394 g/mol. The zero-order valence-electron chi connectivity index (χ0n) is 17.4. The van der Waals surface area contributed by atoms with Crippen molar-refractivity contribution < 1.29 is 0 Å². The van der Waals surface area contributed by atoms with Crippen LogP contribution in [0.5, 0.6) is 0 Å². The van der Waals surface area contributed by atoms with Crippen LogP contribution in [-0.4, -0.2) is 57.2 Å². The summed E-state index contributed by atoms with van der Waals surface area (Å²) in [7, 11) is 0. The minimum absolute atomic E-state index is 0.468. The Bertz CT molecular complexity index is 933. The van der Waals surface area contributed by atoms with Crippen LogP contribution in [-0.2, 0) is 12.8 Å². The SMILES string of the molecule is CCNC(=NCCc1c[nH]c2c(CC)cccc12)N1CCC(c2ncn[nH]2)CC1. The van der Waals surface area contributed by atoms with Crippen LogP contribution in [0.1, 0.15) is 49.6 Å². The fraction of sp³-hybridized carbons (Fsp3) is 0.500. The van der Waals surface area contributed by atoms with Gasteiger partial charge in [-0.25, -0.2) is 4.98 Å². The molecule has 0 amide bonds. The molecule has 1 aliphatic heterocycles. The molecule has 0 aliphatic carbocycles. The molecule has 1 aromatic carbocycles. The molecule has 0 saturated carbocycles. The minimum atomic E-state index is 0.468. The maximum atomic E-state index is 4.93. The molecule has 29 heavy (non-hydrogen) atoms. The first-order valence-electron chi connectivity index (χ1n) is 10.8. The second-order valence-corrected chi connectivity index (χ2v) is 7.62. The number of aromatic amines is 2. The van der Waals surface area contributed by atoms with Gasteiger partial charge < -0.3 is 15.2 Å². The quantitative estimate of drug-likeness (QED) is 0.443. The van der Waals surface area contributed by atoms with E-state index >= 15 is 0 Å². The molecule has 3 heterocycles. The smallest absolute Gasteiger partial charge is 0.193 e. The van der Waals surface area contributed by atoms with Crippen molar-refractivity contribution >= 4 is 16.9 Å². The topological polar surface area (TPSA) is 85.0 Å². The normalized spacial score (nSPS) is 15.9. The first-order chi connectivity index (χ1) is 14.3. The zero-order chi connectivity index (χ0) is 20.1. The third kappa shape index (κ3) is 4.28. The molecule has 0 atom stereocenters. The van der Waals surface area contributed by atoms with Crippen molar-refractivity contribution in [2.75, 3.05) is 26.2 Å². The molecule has 0 spiro atoms. The van der Waals surface area contributed by atoms with Gasteiger partial charge in [-0.2, -0.15) is 5.10 Å². The number of piperidine rings is 1. The monoisotopic (exact) mass is 393 g/mol. The largest absolute Gasteiger partial charge is 0.361 e. The standard InChI is InChI=1S/C22H31N7/c1-3-16-6-5-7-19-18(14-25-20(16)19)8-11-24-22(23-4-2)29-12-9-17(10-13-29)21-26-15-27-28-21/h5-7,14-15,17,25H,3-4,8-13H2,1-2H3,(H,23,24)(H,26,27,28). The molecule has 2 aromatic heterocycles. The van der Waals surface area contributed by atoms with Gasteiger partial charge in [0.1, 0.15) is 12.2 Å². The molecule has 1 saturated heterocycles. The number of nitrogens with zero attached hydrogens (tertiary/aromatic N) is 4. The van der Waals surface area contributed by atoms with Crippen molar-refractivity contribution in [1.82, 2.24) is 30.4 Å². The number of rotatable bonds is 6. The number of para-hydroxylation sites is 1. The van der Waals surface area contributed by atoms with Gasteiger partial charge >= 0.3 is 0 Å². The highest BCUT2D eigenvalue weighted by atomic mass is 15.3. The summed E-state index contributed by atoms with van der Waals surface area (Å²) in [4.78, 5) is 15.1. The number of H-pyrrole nitrogens is 2. The maximum absolute atomic E-state index is 4.93. The predicted octanol–water partition coefficient (Wildman–Crippen LogP) is 3.24. The number of aryl methyl sites for hydroxylation is 1. The first kappa shape index (κ1) is 19.5. The van der Waals surface area contributed by atoms with Crippen molar-refractivity contribution in [2.45, 2.75) is 45.4 Å². The summed E-state index contributed by atoms with van der Waals surface area (Å²) in [6.45, 7) is 7.98. The average Bonchev–Trinajstić information content (AvgIpc) is 3.44. The Labute approximate surface area is 172 Å². The summed E-state index contributed by atoms with van der Waals surface area (Å²) in [6, 6.07) is 6.57. The summed E-state index contributed by atoms with van der Waals surface area (Å²) in [6.07, 6.45) is 7.88. The number of hydrogen-bond donors (Lipinski definition) is 3. The summed E-state index contributed by atoms with van der Waals surface area (Å²) >= 11 is 0. The van der Waals surface area contributed by atoms with Crippen molar-refractivity contribution in [3.8, 4) is 0 Å². The Morgan fingerprint density at radius 2 is 2.10 bits per heavy atom. The number of benzene rings is 1. The molecule has 1 aliphatic rings. The fourth-order valence-corrected chi connectivity index (χ4v) is 4.26. The third-order valence-corrected chi connectivity index (χ3v) is 5.86. The lowest BCUT2D eigenvalue weighted by Gasteiger charge is -2.33. The van der Waals surface area contributed by atoms with E-state index in [1.165, 1.54) is 22.0 Å². The molecule has 7 heteroatoms. The Kier molecular flexibility index (Phi) is 6.12. The van der Waals surface area contributed by atoms with Crippen LogP contribution in [0.3, 0.4) is 0 Å². The van der Waals surface area contributed by atoms with E-state index < -0.39 is 0 Å². The molecule has 3 aromatic rings. The lowest BCUT2D eigenvalue weighted by Crippen LogP contribution is -2.45. The number of guanidine groups is 1. The minimum Gasteiger partial charge on any atom is -0.361 e. The van der Waals surface area contributed by atoms with E-state index in [4.69, 9.17) is 4.99 Å². The van der Waals surface area contributed by atoms with E-state index in [0.717, 1.165) is 63.6 Å². The highest BCUT2D eigenvalue weighted by Gasteiger charge is 2.24. The van der Waals surface area contributed by atoms with Crippen LogP contribution in [0.2, 0.25) is 0 Å². The van der Waals surface area contributed by atoms with Crippen LogP contribution in [0.4, 0.5) is 0 Å². The number of fused-ring (bicyclic) bond motifs is 1. The van der Waals surface area contributed by atoms with Gasteiger partial charge in [-0.05, 0) is 43.7 Å². The Morgan fingerprint density at radius 1 is 1.24 bits per heavy atom. The van der Waals surface area contributed by atoms with Gasteiger partial charge in [0, 0.05) is 49.2 Å². The molecule has 4 rings (SSSR count). The summed E-state index contributed by atoms with van der Waals surface area (Å²) in [5.41, 5.74) is 3.99. The van der Waals surface area contributed by atoms with Gasteiger partial charge in [0.05, 0.1) is 0 Å². The molecule has 154 valence electrons. The zero-order valence-corrected chi connectivity index (χ0v) is 17.4. The Morgan fingerprint density at radius 3 is 2.83 bits per heavy atom. The van der Waals surface area contributed by atoms with Crippen LogP contribution >= 0.6 is 0 Å². The molecule has 0 bridgehead atoms. The van der Waals surface area contributed by atoms with Crippen molar-refractivity contribution in [3.63, 3.8) is 0 Å². The van der Waals surface area contributed by atoms with Crippen molar-refractivity contribution in [1.29, 1.82) is 0 Å². The van der Waals surface area contributed by atoms with Gasteiger partial charge in [-0.15, -0.1) is 0 Å². The number of nitrogens with one attached hydrogen (secondary N) is 3. The second kappa shape index (κ2) is 9.11. The molecule has 0 radical (unpaired) electrons. The van der Waals surface area contributed by atoms with Gasteiger partial charge in [0.2, 0.25) is 0 Å². The number of hydrogen-bond acceptors (Lipinski definition) is 3. The lowest BCUT2D eigenvalue weighted by molar-refractivity contribution is 0.299. The Hall–Kier alpha value is -2.83. The summed E-state index contributed by atoms with van der Waals surface area (Å²) < 4.78 is 0. The lowest BCUT2D eigenvalue weighted by atomic mass is 9.96. The van der Waals surface area contributed by atoms with E-state index in [9.17, 15) is 0 Å². The van der Waals surface area contributed by atoms with Gasteiger partial charge in [-0.1, -0.05) is 25.1 Å². The summed E-state index contributed by atoms with van der Waals surface area (Å²) in [5, 5.41) is 11.8. The number of aliphatic imine (C=N–C) groups is 1. The predicted molar refractivity (Wildman–Crippen MR) is 117 cm³/mol. The van der Waals surface area contributed by atoms with Crippen molar-refractivity contribution in [2.24, 2.45) is 4.99 Å². The van der Waals surface area contributed by atoms with E-state index in [-0.39, 0.29) is 0 Å². The Balaban J connectivity index is 1.39. The number of aromatic nitrogens is 4. The van der Waals surface area contributed by atoms with E-state index in [2.05, 4.69) is 68.6 Å². The van der Waals surface area contributed by atoms with Gasteiger partial charge in [0.15, 0.2) is 5.96 Å². The highest BCUT2D eigenvalue weighted by Crippen LogP contribution is 2.25. The van der Waals surface area contributed by atoms with Gasteiger partial charge in [-0.3, -0.25) is 10.1 Å². The van der Waals surface area contributed by atoms with Gasteiger partial charge in [0.25, 0.3) is 0 Å². The fourth-order valence-electron chi connectivity index (χ4n) is 4.26. The van der Waals surface area contributed by atoms with Crippen molar-refractivity contribution in [3.05, 3.63) is 47.7 Å². The van der Waals surface area contributed by atoms with E-state index in [1.54, 1.807) is 6.33 Å². The molecule has 3 N–H and O–H groups in total. The van der Waals surface area contributed by atoms with Crippen LogP contribution in [0.25, 0.3) is 10.9 Å². The highest BCUT2D eigenvalue weighted by molar-refractivity contribution is 5.86. The molecule has 0 unspecified atom stereocenters. The first-order valence-corrected chi connectivity index (χ1v) is 10.8. The molecular formula is C22H31N7. The summed E-state index contributed by atoms with van der Waals surface area (Å²) in [5.74, 6) is 2.51. The second-order valence-electron chi connectivity index (χ2n) is 7.62. The van der Waals surface area contributed by atoms with Crippen LogP contribution < -0.4 is 5.32 Å². The molecule has 1 fully saturated rings. The number of likely N-dealkylation sites (tertiary alicyclic amines) is 1. The molecular weight excluding hydrogens is 362 g/mol. The van der Waals surface area contributed by atoms with E-state index in [0.29, 0.717) is 5.92 Å². The maximum Gasteiger partial charge on any atom is 0.193 e. The van der Waals surface area contributed by atoms with E-state index in [1.807, 2.05) is 0 Å². The third-order valence-electron chi connectivity index (χ3n) is 5.86. The van der Waals surface area contributed by atoms with Crippen LogP contribution in [0.15, 0.2) is 35.7 Å². The van der Waals surface area contributed by atoms with Crippen LogP contribution in [0, 0.1) is 0 Å².